The molecule has 0 radical (unpaired) electrons. The van der Waals surface area contributed by atoms with Gasteiger partial charge in [0.05, 0.1) is 0 Å². The molecule has 0 aromatic heterocycles. The lowest BCUT2D eigenvalue weighted by atomic mass is 9.66. The van der Waals surface area contributed by atoms with Crippen LogP contribution in [-0.4, -0.2) is 0 Å². The molecular weight excluding hydrogens is 504 g/mol. The Kier molecular flexibility index (Phi) is 13.8. The van der Waals surface area contributed by atoms with Gasteiger partial charge in [0.15, 0.2) is 0 Å². The van der Waals surface area contributed by atoms with Crippen LogP contribution in [-0.2, 0) is 18.3 Å². The van der Waals surface area contributed by atoms with Gasteiger partial charge in [-0.2, -0.15) is 0 Å². The number of hydrogen-bond acceptors (Lipinski definition) is 0. The molecule has 0 bridgehead atoms. The number of hydrogen-bond donors (Lipinski definition) is 0. The highest BCUT2D eigenvalue weighted by atomic mass is 14.4. The smallest absolute Gasteiger partial charge is 0.0101 e. The standard InChI is InChI=1S/C33H36.C3H8.3C2H6/c1-20-6-8-24(9-7-20)27-18-23(4)25-10-11-26-28-16-22(3)17-31(29(28)19-30(27)32(25)26)33(5)14-12-21(2)13-15-33;1-3-2;3*1-2/h6-9,12,16-18,26H,10-11,13-15,19H2,1-5H3;3H2,1-2H3;3*1-2H3. The quantitative estimate of drug-likeness (QED) is 0.271. The maximum atomic E-state index is 2.54. The van der Waals surface area contributed by atoms with Gasteiger partial charge in [-0.1, -0.05) is 134 Å². The van der Waals surface area contributed by atoms with Crippen molar-refractivity contribution in [3.8, 4) is 11.1 Å². The summed E-state index contributed by atoms with van der Waals surface area (Å²) in [4.78, 5) is 0. The Morgan fingerprint density at radius 1 is 0.738 bits per heavy atom. The van der Waals surface area contributed by atoms with E-state index in [4.69, 9.17) is 0 Å². The Hall–Kier alpha value is -2.60. The molecule has 0 fully saturated rings. The van der Waals surface area contributed by atoms with Gasteiger partial charge < -0.3 is 0 Å². The van der Waals surface area contributed by atoms with E-state index in [9.17, 15) is 0 Å². The number of allylic oxidation sites excluding steroid dienone is 2. The van der Waals surface area contributed by atoms with Crippen molar-refractivity contribution >= 4 is 0 Å². The summed E-state index contributed by atoms with van der Waals surface area (Å²) in [6.07, 6.45) is 11.0. The van der Waals surface area contributed by atoms with Crippen LogP contribution >= 0.6 is 0 Å². The average Bonchev–Trinajstić information content (AvgIpc) is 3.47. The molecule has 3 aromatic rings. The summed E-state index contributed by atoms with van der Waals surface area (Å²) in [5, 5.41) is 0. The molecule has 0 heteroatoms. The van der Waals surface area contributed by atoms with Crippen LogP contribution in [0.5, 0.6) is 0 Å². The van der Waals surface area contributed by atoms with E-state index in [1.807, 2.05) is 41.5 Å². The lowest BCUT2D eigenvalue weighted by molar-refractivity contribution is 0.415. The first-order valence-electron chi connectivity index (χ1n) is 17.3. The zero-order chi connectivity index (χ0) is 31.6. The van der Waals surface area contributed by atoms with Gasteiger partial charge in [0.1, 0.15) is 0 Å². The minimum Gasteiger partial charge on any atom is -0.0847 e. The van der Waals surface area contributed by atoms with Gasteiger partial charge in [0, 0.05) is 5.92 Å². The van der Waals surface area contributed by atoms with Crippen molar-refractivity contribution in [3.63, 3.8) is 0 Å². The molecule has 3 aliphatic carbocycles. The van der Waals surface area contributed by atoms with E-state index in [0.29, 0.717) is 5.92 Å². The first kappa shape index (κ1) is 35.6. The van der Waals surface area contributed by atoms with E-state index in [1.165, 1.54) is 66.3 Å². The number of fused-ring (bicyclic) bond motifs is 2. The van der Waals surface area contributed by atoms with Crippen LogP contribution in [0.1, 0.15) is 157 Å². The molecule has 0 saturated heterocycles. The SMILES string of the molecule is CC.CC.CC.CC1=CCC(C)(c2cc(C)cc3c2Cc2c(-c4ccc(C)cc4)cc(C)c4c2C3CC4)CC1.CCC. The third kappa shape index (κ3) is 7.30. The summed E-state index contributed by atoms with van der Waals surface area (Å²) in [5.74, 6) is 0.575. The molecule has 0 N–H and O–H groups in total. The highest BCUT2D eigenvalue weighted by molar-refractivity contribution is 5.75. The molecule has 3 aromatic carbocycles. The predicted octanol–water partition coefficient (Wildman–Crippen LogP) is 13.1. The highest BCUT2D eigenvalue weighted by Gasteiger charge is 2.39. The number of rotatable bonds is 2. The summed E-state index contributed by atoms with van der Waals surface area (Å²) >= 11 is 0. The molecule has 0 aliphatic heterocycles. The fourth-order valence-corrected chi connectivity index (χ4v) is 7.00. The molecule has 0 heterocycles. The van der Waals surface area contributed by atoms with E-state index in [0.717, 1.165) is 6.42 Å². The molecule has 230 valence electrons. The Labute approximate surface area is 261 Å². The van der Waals surface area contributed by atoms with E-state index in [-0.39, 0.29) is 5.41 Å². The van der Waals surface area contributed by atoms with Crippen LogP contribution < -0.4 is 0 Å². The van der Waals surface area contributed by atoms with Gasteiger partial charge in [-0.25, -0.2) is 0 Å². The van der Waals surface area contributed by atoms with Gasteiger partial charge in [-0.3, -0.25) is 0 Å². The number of aryl methyl sites for hydroxylation is 3. The van der Waals surface area contributed by atoms with Crippen molar-refractivity contribution < 1.29 is 0 Å². The Bertz CT molecular complexity index is 1320. The molecule has 2 atom stereocenters. The number of benzene rings is 3. The minimum absolute atomic E-state index is 0.253. The van der Waals surface area contributed by atoms with Crippen LogP contribution in [0.15, 0.2) is 54.1 Å². The van der Waals surface area contributed by atoms with E-state index in [1.54, 1.807) is 39.0 Å². The van der Waals surface area contributed by atoms with Crippen LogP contribution in [0.3, 0.4) is 0 Å². The van der Waals surface area contributed by atoms with Crippen LogP contribution in [0.2, 0.25) is 0 Å². The third-order valence-corrected chi connectivity index (χ3v) is 8.99. The first-order valence-corrected chi connectivity index (χ1v) is 17.3. The van der Waals surface area contributed by atoms with Crippen molar-refractivity contribution in [2.75, 3.05) is 0 Å². The maximum Gasteiger partial charge on any atom is 0.0101 e. The largest absolute Gasteiger partial charge is 0.0847 e. The van der Waals surface area contributed by atoms with Crippen molar-refractivity contribution in [2.45, 2.75) is 146 Å². The van der Waals surface area contributed by atoms with Crippen molar-refractivity contribution in [1.82, 2.24) is 0 Å². The summed E-state index contributed by atoms with van der Waals surface area (Å²) in [5.41, 5.74) is 18.8. The lowest BCUT2D eigenvalue weighted by Crippen LogP contribution is -2.28. The Morgan fingerprint density at radius 2 is 1.36 bits per heavy atom. The fraction of sp³-hybridized carbons (Fsp3) is 0.524. The molecule has 42 heavy (non-hydrogen) atoms. The van der Waals surface area contributed by atoms with E-state index >= 15 is 0 Å². The second-order valence-electron chi connectivity index (χ2n) is 12.1. The van der Waals surface area contributed by atoms with Crippen molar-refractivity contribution in [2.24, 2.45) is 0 Å². The molecule has 6 rings (SSSR count). The second kappa shape index (κ2) is 16.3. The van der Waals surface area contributed by atoms with Crippen LogP contribution in [0.25, 0.3) is 11.1 Å². The molecule has 2 unspecified atom stereocenters. The molecule has 3 aliphatic rings. The molecule has 0 nitrogen and oxygen atoms in total. The van der Waals surface area contributed by atoms with Gasteiger partial charge >= 0.3 is 0 Å². The molecule has 0 amide bonds. The normalized spacial score (nSPS) is 19.1. The van der Waals surface area contributed by atoms with Crippen LogP contribution in [0.4, 0.5) is 0 Å². The lowest BCUT2D eigenvalue weighted by Gasteiger charge is -2.38. The van der Waals surface area contributed by atoms with Gasteiger partial charge in [0.2, 0.25) is 0 Å². The monoisotopic (exact) mass is 566 g/mol. The van der Waals surface area contributed by atoms with Crippen molar-refractivity contribution in [1.29, 1.82) is 0 Å². The Morgan fingerprint density at radius 3 is 1.93 bits per heavy atom. The van der Waals surface area contributed by atoms with Gasteiger partial charge in [-0.05, 0) is 122 Å². The van der Waals surface area contributed by atoms with E-state index in [2.05, 4.69) is 97.0 Å². The topological polar surface area (TPSA) is 0 Å². The Balaban J connectivity index is 0.000000623. The summed E-state index contributed by atoms with van der Waals surface area (Å²) < 4.78 is 0. The van der Waals surface area contributed by atoms with Gasteiger partial charge in [-0.15, -0.1) is 0 Å². The highest BCUT2D eigenvalue weighted by Crippen LogP contribution is 2.52. The predicted molar refractivity (Wildman–Crippen MR) is 190 cm³/mol. The zero-order valence-electron chi connectivity index (χ0n) is 29.6. The third-order valence-electron chi connectivity index (χ3n) is 8.99. The second-order valence-corrected chi connectivity index (χ2v) is 12.1. The molecule has 0 spiro atoms. The fourth-order valence-electron chi connectivity index (χ4n) is 7.00. The minimum atomic E-state index is 0.253. The summed E-state index contributed by atoms with van der Waals surface area (Å²) in [6.45, 7) is 27.9. The summed E-state index contributed by atoms with van der Waals surface area (Å²) in [7, 11) is 0. The summed E-state index contributed by atoms with van der Waals surface area (Å²) in [6, 6.07) is 16.8. The average molecular weight is 567 g/mol. The van der Waals surface area contributed by atoms with Crippen molar-refractivity contribution in [3.05, 3.63) is 104 Å². The van der Waals surface area contributed by atoms with E-state index < -0.39 is 0 Å². The van der Waals surface area contributed by atoms with Gasteiger partial charge in [0.25, 0.3) is 0 Å². The maximum absolute atomic E-state index is 2.54. The molecule has 0 saturated carbocycles. The van der Waals surface area contributed by atoms with Crippen LogP contribution in [0, 0.1) is 20.8 Å². The zero-order valence-corrected chi connectivity index (χ0v) is 29.6. The molecular formula is C42H62. The first-order chi connectivity index (χ1) is 20.3.